The van der Waals surface area contributed by atoms with Crippen molar-refractivity contribution in [3.05, 3.63) is 26.2 Å². The molecule has 0 fully saturated rings. The van der Waals surface area contributed by atoms with Gasteiger partial charge in [-0.05, 0) is 50.7 Å². The fourth-order valence-electron chi connectivity index (χ4n) is 0.867. The van der Waals surface area contributed by atoms with Crippen molar-refractivity contribution in [1.29, 1.82) is 5.26 Å². The molecule has 1 amide bonds. The molecule has 0 heterocycles. The zero-order valence-electron chi connectivity index (χ0n) is 7.05. The molecule has 1 aromatic rings. The van der Waals surface area contributed by atoms with Crippen molar-refractivity contribution in [1.82, 2.24) is 0 Å². The fourth-order valence-corrected chi connectivity index (χ4v) is 1.73. The largest absolute Gasteiger partial charge is 0.324 e. The molecular formula is C9H6BrIN2O. The summed E-state index contributed by atoms with van der Waals surface area (Å²) >= 11 is 5.51. The first-order valence-corrected chi connectivity index (χ1v) is 5.63. The van der Waals surface area contributed by atoms with Crippen LogP contribution in [0.1, 0.15) is 6.42 Å². The van der Waals surface area contributed by atoms with Crippen LogP contribution >= 0.6 is 38.5 Å². The van der Waals surface area contributed by atoms with Crippen LogP contribution in [0.4, 0.5) is 5.69 Å². The molecule has 0 atom stereocenters. The highest BCUT2D eigenvalue weighted by Gasteiger charge is 2.06. The summed E-state index contributed by atoms with van der Waals surface area (Å²) in [6, 6.07) is 7.33. The first-order valence-electron chi connectivity index (χ1n) is 3.76. The average molecular weight is 365 g/mol. The van der Waals surface area contributed by atoms with Crippen LogP contribution in [-0.4, -0.2) is 5.91 Å². The Kier molecular flexibility index (Phi) is 4.35. The third-order valence-corrected chi connectivity index (χ3v) is 3.96. The maximum absolute atomic E-state index is 11.1. The Bertz CT molecular complexity index is 400. The maximum atomic E-state index is 11.1. The molecule has 0 radical (unpaired) electrons. The summed E-state index contributed by atoms with van der Waals surface area (Å²) in [5.41, 5.74) is 0.692. The van der Waals surface area contributed by atoms with Gasteiger partial charge in [0.05, 0.1) is 16.2 Å². The number of halogens is 2. The van der Waals surface area contributed by atoms with Crippen molar-refractivity contribution in [2.24, 2.45) is 0 Å². The molecule has 1 N–H and O–H groups in total. The molecule has 0 aliphatic heterocycles. The predicted octanol–water partition coefficient (Wildman–Crippen LogP) is 2.91. The molecule has 0 aliphatic carbocycles. The highest BCUT2D eigenvalue weighted by Crippen LogP contribution is 2.27. The lowest BCUT2D eigenvalue weighted by Gasteiger charge is -2.06. The van der Waals surface area contributed by atoms with Crippen molar-refractivity contribution in [2.75, 3.05) is 5.32 Å². The Labute approximate surface area is 104 Å². The van der Waals surface area contributed by atoms with Crippen LogP contribution in [-0.2, 0) is 4.79 Å². The molecular weight excluding hydrogens is 359 g/mol. The van der Waals surface area contributed by atoms with E-state index in [1.165, 1.54) is 0 Å². The second kappa shape index (κ2) is 5.32. The number of nitriles is 1. The van der Waals surface area contributed by atoms with Gasteiger partial charge >= 0.3 is 0 Å². The van der Waals surface area contributed by atoms with Gasteiger partial charge in [0.2, 0.25) is 5.91 Å². The van der Waals surface area contributed by atoms with E-state index in [-0.39, 0.29) is 12.3 Å². The van der Waals surface area contributed by atoms with E-state index < -0.39 is 0 Å². The van der Waals surface area contributed by atoms with Gasteiger partial charge in [-0.2, -0.15) is 5.26 Å². The number of nitrogens with one attached hydrogen (secondary N) is 1. The van der Waals surface area contributed by atoms with Crippen LogP contribution in [0.3, 0.4) is 0 Å². The van der Waals surface area contributed by atoms with Crippen LogP contribution in [0.2, 0.25) is 0 Å². The predicted molar refractivity (Wildman–Crippen MR) is 65.7 cm³/mol. The Morgan fingerprint density at radius 3 is 3.00 bits per heavy atom. The van der Waals surface area contributed by atoms with Crippen molar-refractivity contribution in [3.8, 4) is 6.07 Å². The quantitative estimate of drug-likeness (QED) is 0.820. The lowest BCUT2D eigenvalue weighted by Crippen LogP contribution is -2.10. The Hall–Kier alpha value is -0.610. The molecule has 72 valence electrons. The summed E-state index contributed by atoms with van der Waals surface area (Å²) in [4.78, 5) is 11.1. The van der Waals surface area contributed by atoms with Gasteiger partial charge in [-0.1, -0.05) is 6.07 Å². The van der Waals surface area contributed by atoms with E-state index in [0.717, 1.165) is 8.04 Å². The minimum atomic E-state index is -0.296. The number of hydrogen-bond acceptors (Lipinski definition) is 2. The van der Waals surface area contributed by atoms with Crippen LogP contribution in [0.5, 0.6) is 0 Å². The van der Waals surface area contributed by atoms with E-state index in [1.54, 1.807) is 12.1 Å². The minimum absolute atomic E-state index is 0.127. The Morgan fingerprint density at radius 1 is 1.64 bits per heavy atom. The summed E-state index contributed by atoms with van der Waals surface area (Å²) < 4.78 is 1.85. The lowest BCUT2D eigenvalue weighted by atomic mass is 10.3. The number of amides is 1. The second-order valence-corrected chi connectivity index (χ2v) is 4.44. The molecule has 0 aromatic heterocycles. The molecule has 3 nitrogen and oxygen atoms in total. The van der Waals surface area contributed by atoms with Crippen molar-refractivity contribution >= 4 is 50.1 Å². The molecule has 0 saturated heterocycles. The van der Waals surface area contributed by atoms with Crippen LogP contribution in [0.25, 0.3) is 0 Å². The summed E-state index contributed by atoms with van der Waals surface area (Å²) in [7, 11) is 0. The topological polar surface area (TPSA) is 52.9 Å². The van der Waals surface area contributed by atoms with E-state index in [2.05, 4.69) is 43.8 Å². The summed E-state index contributed by atoms with van der Waals surface area (Å²) in [6.07, 6.45) is -0.127. The van der Waals surface area contributed by atoms with E-state index in [4.69, 9.17) is 5.26 Å². The Morgan fingerprint density at radius 2 is 2.36 bits per heavy atom. The molecule has 1 aromatic carbocycles. The third kappa shape index (κ3) is 2.96. The van der Waals surface area contributed by atoms with Crippen LogP contribution < -0.4 is 5.32 Å². The van der Waals surface area contributed by atoms with Gasteiger partial charge in [-0.15, -0.1) is 0 Å². The molecule has 1 rings (SSSR count). The number of carbonyl (C=O) groups is 1. The van der Waals surface area contributed by atoms with E-state index in [9.17, 15) is 4.79 Å². The van der Waals surface area contributed by atoms with Gasteiger partial charge in [0.1, 0.15) is 6.42 Å². The number of hydrogen-bond donors (Lipinski definition) is 1. The SMILES string of the molecule is N#CCC(=O)Nc1cccc(I)c1Br. The summed E-state index contributed by atoms with van der Waals surface area (Å²) in [5, 5.41) is 11.0. The molecule has 0 spiro atoms. The molecule has 0 saturated carbocycles. The van der Waals surface area contributed by atoms with Gasteiger partial charge in [-0.25, -0.2) is 0 Å². The zero-order chi connectivity index (χ0) is 10.6. The van der Waals surface area contributed by atoms with E-state index in [1.807, 2.05) is 12.1 Å². The molecule has 5 heteroatoms. The summed E-state index contributed by atoms with van der Waals surface area (Å²) in [6.45, 7) is 0. The number of nitrogens with zero attached hydrogens (tertiary/aromatic N) is 1. The maximum Gasteiger partial charge on any atom is 0.238 e. The number of benzene rings is 1. The minimum Gasteiger partial charge on any atom is -0.324 e. The first kappa shape index (κ1) is 11.5. The second-order valence-electron chi connectivity index (χ2n) is 2.48. The number of anilines is 1. The van der Waals surface area contributed by atoms with Gasteiger partial charge in [-0.3, -0.25) is 4.79 Å². The molecule has 0 aliphatic rings. The van der Waals surface area contributed by atoms with Gasteiger partial charge < -0.3 is 5.32 Å². The fraction of sp³-hybridized carbons (Fsp3) is 0.111. The highest BCUT2D eigenvalue weighted by molar-refractivity contribution is 14.1. The van der Waals surface area contributed by atoms with Crippen molar-refractivity contribution in [2.45, 2.75) is 6.42 Å². The number of carbonyl (C=O) groups excluding carboxylic acids is 1. The summed E-state index contributed by atoms with van der Waals surface area (Å²) in [5.74, 6) is -0.296. The smallest absolute Gasteiger partial charge is 0.238 e. The van der Waals surface area contributed by atoms with Gasteiger partial charge in [0, 0.05) is 3.57 Å². The zero-order valence-corrected chi connectivity index (χ0v) is 10.8. The third-order valence-electron chi connectivity index (χ3n) is 1.47. The lowest BCUT2D eigenvalue weighted by molar-refractivity contribution is -0.115. The van der Waals surface area contributed by atoms with E-state index in [0.29, 0.717) is 5.69 Å². The Balaban J connectivity index is 2.83. The van der Waals surface area contributed by atoms with Crippen molar-refractivity contribution in [3.63, 3.8) is 0 Å². The standard InChI is InChI=1S/C9H6BrIN2O/c10-9-6(11)2-1-3-7(9)13-8(14)4-5-12/h1-3H,4H2,(H,13,14). The number of rotatable bonds is 2. The van der Waals surface area contributed by atoms with E-state index >= 15 is 0 Å². The van der Waals surface area contributed by atoms with Crippen LogP contribution in [0, 0.1) is 14.9 Å². The molecule has 0 bridgehead atoms. The van der Waals surface area contributed by atoms with Gasteiger partial charge in [0.25, 0.3) is 0 Å². The molecule has 0 unspecified atom stereocenters. The van der Waals surface area contributed by atoms with Crippen LogP contribution in [0.15, 0.2) is 22.7 Å². The highest BCUT2D eigenvalue weighted by atomic mass is 127. The van der Waals surface area contributed by atoms with Gasteiger partial charge in [0.15, 0.2) is 0 Å². The average Bonchev–Trinajstić information content (AvgIpc) is 2.13. The van der Waals surface area contributed by atoms with Crippen molar-refractivity contribution < 1.29 is 4.79 Å². The first-order chi connectivity index (χ1) is 6.65. The normalized spacial score (nSPS) is 9.21. The monoisotopic (exact) mass is 364 g/mol. The molecule has 14 heavy (non-hydrogen) atoms.